The summed E-state index contributed by atoms with van der Waals surface area (Å²) in [4.78, 5) is 0. The summed E-state index contributed by atoms with van der Waals surface area (Å²) in [7, 11) is 0. The van der Waals surface area contributed by atoms with Crippen LogP contribution in [0.5, 0.6) is 0 Å². The first-order valence-corrected chi connectivity index (χ1v) is 10.8. The molecular weight excluding hydrogens is 393 g/mol. The van der Waals surface area contributed by atoms with E-state index in [2.05, 4.69) is 71.8 Å². The van der Waals surface area contributed by atoms with Crippen molar-refractivity contribution in [2.45, 2.75) is 26.7 Å². The van der Waals surface area contributed by atoms with E-state index in [-0.39, 0.29) is 5.82 Å². The van der Waals surface area contributed by atoms with Gasteiger partial charge in [-0.1, -0.05) is 72.7 Å². The summed E-state index contributed by atoms with van der Waals surface area (Å²) in [5, 5.41) is 0. The fraction of sp³-hybridized carbons (Fsp3) is 0.133. The van der Waals surface area contributed by atoms with Gasteiger partial charge < -0.3 is 4.57 Å². The Balaban J connectivity index is 1.71. The van der Waals surface area contributed by atoms with E-state index < -0.39 is 0 Å². The largest absolute Gasteiger partial charge is 0.322 e. The average Bonchev–Trinajstić information content (AvgIpc) is 3.23. The zero-order valence-electron chi connectivity index (χ0n) is 18.5. The average molecular weight is 420 g/mol. The number of nitrogens with zero attached hydrogens (tertiary/aromatic N) is 1. The van der Waals surface area contributed by atoms with Gasteiger partial charge in [-0.2, -0.15) is 0 Å². The minimum atomic E-state index is -0.146. The molecule has 3 aromatic carbocycles. The van der Waals surface area contributed by atoms with Gasteiger partial charge in [0, 0.05) is 23.6 Å². The first kappa shape index (κ1) is 21.4. The molecule has 0 spiro atoms. The second kappa shape index (κ2) is 9.54. The Morgan fingerprint density at radius 3 is 2.19 bits per heavy atom. The van der Waals surface area contributed by atoms with Gasteiger partial charge in [0.25, 0.3) is 0 Å². The van der Waals surface area contributed by atoms with Gasteiger partial charge >= 0.3 is 0 Å². The quantitative estimate of drug-likeness (QED) is 0.286. The lowest BCUT2D eigenvalue weighted by Gasteiger charge is -2.10. The van der Waals surface area contributed by atoms with Crippen LogP contribution < -0.4 is 0 Å². The molecular formula is C30H26FN. The fourth-order valence-electron chi connectivity index (χ4n) is 3.94. The van der Waals surface area contributed by atoms with Crippen molar-refractivity contribution in [3.8, 4) is 28.7 Å². The molecule has 4 rings (SSSR count). The predicted molar refractivity (Wildman–Crippen MR) is 132 cm³/mol. The van der Waals surface area contributed by atoms with Crippen LogP contribution in [-0.2, 0) is 12.8 Å². The third-order valence-electron chi connectivity index (χ3n) is 5.67. The Bertz CT molecular complexity index is 1310. The summed E-state index contributed by atoms with van der Waals surface area (Å²) in [6.45, 7) is 7.88. The Kier molecular flexibility index (Phi) is 6.38. The molecule has 2 heteroatoms. The Labute approximate surface area is 189 Å². The molecule has 0 radical (unpaired) electrons. The highest BCUT2D eigenvalue weighted by molar-refractivity contribution is 5.74. The minimum absolute atomic E-state index is 0.146. The van der Waals surface area contributed by atoms with Crippen LogP contribution in [0.4, 0.5) is 4.39 Å². The highest BCUT2D eigenvalue weighted by Crippen LogP contribution is 2.30. The maximum absolute atomic E-state index is 14.1. The number of hydrogen-bond acceptors (Lipinski definition) is 0. The van der Waals surface area contributed by atoms with Gasteiger partial charge in [0.1, 0.15) is 5.82 Å². The molecule has 1 nitrogen and oxygen atoms in total. The molecule has 0 fully saturated rings. The molecule has 1 aromatic heterocycles. The maximum Gasteiger partial charge on any atom is 0.126 e. The third-order valence-corrected chi connectivity index (χ3v) is 5.67. The number of aromatic nitrogens is 1. The topological polar surface area (TPSA) is 4.93 Å². The van der Waals surface area contributed by atoms with Gasteiger partial charge in [0.05, 0.1) is 5.56 Å². The molecule has 0 bridgehead atoms. The predicted octanol–water partition coefficient (Wildman–Crippen LogP) is 7.47. The van der Waals surface area contributed by atoms with E-state index in [0.717, 1.165) is 45.5 Å². The van der Waals surface area contributed by atoms with Crippen molar-refractivity contribution >= 4 is 5.57 Å². The van der Waals surface area contributed by atoms with E-state index in [9.17, 15) is 4.39 Å². The van der Waals surface area contributed by atoms with Crippen molar-refractivity contribution < 1.29 is 4.39 Å². The first-order chi connectivity index (χ1) is 15.6. The second-order valence-corrected chi connectivity index (χ2v) is 7.94. The van der Waals surface area contributed by atoms with Crippen molar-refractivity contribution in [3.63, 3.8) is 0 Å². The van der Waals surface area contributed by atoms with Crippen LogP contribution >= 0.6 is 0 Å². The molecule has 32 heavy (non-hydrogen) atoms. The number of rotatable bonds is 6. The van der Waals surface area contributed by atoms with Gasteiger partial charge in [0.15, 0.2) is 0 Å². The molecule has 0 aliphatic carbocycles. The normalized spacial score (nSPS) is 10.5. The fourth-order valence-corrected chi connectivity index (χ4v) is 3.94. The van der Waals surface area contributed by atoms with Crippen molar-refractivity contribution in [2.24, 2.45) is 0 Å². The lowest BCUT2D eigenvalue weighted by molar-refractivity contribution is 0.608. The van der Waals surface area contributed by atoms with Gasteiger partial charge in [0.2, 0.25) is 0 Å². The van der Waals surface area contributed by atoms with Gasteiger partial charge in [-0.05, 0) is 67.1 Å². The zero-order chi connectivity index (χ0) is 22.5. The lowest BCUT2D eigenvalue weighted by Crippen LogP contribution is -1.97. The molecule has 0 aliphatic heterocycles. The Morgan fingerprint density at radius 1 is 0.844 bits per heavy atom. The number of allylic oxidation sites excluding steroid dienone is 1. The van der Waals surface area contributed by atoms with Gasteiger partial charge in [-0.15, -0.1) is 5.92 Å². The molecule has 4 aromatic rings. The standard InChI is InChI=1S/C30H26FN/c1-4-9-26-20-32(27-18-16-23(17-19-27)22(2)3)21-29(26)28-12-7-5-10-24(28)14-15-25-11-6-8-13-30(25)31/h5-8,10-13,16-21H,2,14-15H2,1,3H3. The molecule has 158 valence electrons. The smallest absolute Gasteiger partial charge is 0.126 e. The van der Waals surface area contributed by atoms with Crippen LogP contribution in [0.3, 0.4) is 0 Å². The highest BCUT2D eigenvalue weighted by atomic mass is 19.1. The molecule has 1 heterocycles. The van der Waals surface area contributed by atoms with Crippen LogP contribution in [-0.4, -0.2) is 4.57 Å². The SMILES string of the molecule is C=C(C)c1ccc(-n2cc(C#CC)c(-c3ccccc3CCc3ccccc3F)c2)cc1. The van der Waals surface area contributed by atoms with Gasteiger partial charge in [-0.25, -0.2) is 4.39 Å². The Hall–Kier alpha value is -3.83. The lowest BCUT2D eigenvalue weighted by atomic mass is 9.94. The molecule has 0 saturated carbocycles. The second-order valence-electron chi connectivity index (χ2n) is 7.94. The maximum atomic E-state index is 14.1. The highest BCUT2D eigenvalue weighted by Gasteiger charge is 2.13. The van der Waals surface area contributed by atoms with E-state index in [0.29, 0.717) is 6.42 Å². The van der Waals surface area contributed by atoms with Crippen molar-refractivity contribution in [1.82, 2.24) is 4.57 Å². The van der Waals surface area contributed by atoms with Crippen molar-refractivity contribution in [2.75, 3.05) is 0 Å². The number of benzene rings is 3. The van der Waals surface area contributed by atoms with Crippen molar-refractivity contribution in [3.05, 3.63) is 120 Å². The number of aryl methyl sites for hydroxylation is 2. The molecule has 0 unspecified atom stereocenters. The monoisotopic (exact) mass is 419 g/mol. The summed E-state index contributed by atoms with van der Waals surface area (Å²) >= 11 is 0. The zero-order valence-corrected chi connectivity index (χ0v) is 18.5. The van der Waals surface area contributed by atoms with Crippen LogP contribution in [0, 0.1) is 17.7 Å². The van der Waals surface area contributed by atoms with E-state index in [1.807, 2.05) is 38.1 Å². The van der Waals surface area contributed by atoms with Crippen LogP contribution in [0.15, 0.2) is 91.8 Å². The minimum Gasteiger partial charge on any atom is -0.322 e. The van der Waals surface area contributed by atoms with E-state index in [1.165, 1.54) is 11.6 Å². The molecule has 0 atom stereocenters. The number of halogens is 1. The van der Waals surface area contributed by atoms with Crippen molar-refractivity contribution in [1.29, 1.82) is 0 Å². The third kappa shape index (κ3) is 4.58. The summed E-state index contributed by atoms with van der Waals surface area (Å²) < 4.78 is 16.2. The summed E-state index contributed by atoms with van der Waals surface area (Å²) in [5.74, 6) is 6.16. The Morgan fingerprint density at radius 2 is 1.50 bits per heavy atom. The molecule has 0 amide bonds. The molecule has 0 saturated heterocycles. The molecule has 0 aliphatic rings. The van der Waals surface area contributed by atoms with Crippen LogP contribution in [0.25, 0.3) is 22.4 Å². The summed E-state index contributed by atoms with van der Waals surface area (Å²) in [5.41, 5.74) is 8.39. The number of hydrogen-bond donors (Lipinski definition) is 0. The van der Waals surface area contributed by atoms with E-state index in [4.69, 9.17) is 0 Å². The first-order valence-electron chi connectivity index (χ1n) is 10.8. The summed E-state index contributed by atoms with van der Waals surface area (Å²) in [6, 6.07) is 23.7. The van der Waals surface area contributed by atoms with Gasteiger partial charge in [-0.3, -0.25) is 0 Å². The van der Waals surface area contributed by atoms with E-state index in [1.54, 1.807) is 6.07 Å². The van der Waals surface area contributed by atoms with Crippen LogP contribution in [0.1, 0.15) is 36.1 Å². The summed E-state index contributed by atoms with van der Waals surface area (Å²) in [6.07, 6.45) is 5.63. The van der Waals surface area contributed by atoms with Crippen LogP contribution in [0.2, 0.25) is 0 Å². The van der Waals surface area contributed by atoms with E-state index >= 15 is 0 Å². The molecule has 0 N–H and O–H groups in total.